The summed E-state index contributed by atoms with van der Waals surface area (Å²) in [6.45, 7) is 0.697. The molecule has 1 unspecified atom stereocenters. The van der Waals surface area contributed by atoms with E-state index in [4.69, 9.17) is 40.5 Å². The molecule has 1 atom stereocenters. The van der Waals surface area contributed by atoms with Crippen LogP contribution in [-0.4, -0.2) is 31.9 Å². The smallest absolute Gasteiger partial charge is 0.246 e. The first kappa shape index (κ1) is 15.4. The predicted molar refractivity (Wildman–Crippen MR) is 77.4 cm³/mol. The van der Waals surface area contributed by atoms with Crippen LogP contribution in [0.5, 0.6) is 0 Å². The first-order valence-electron chi connectivity index (χ1n) is 5.72. The molecule has 1 heterocycles. The Hall–Kier alpha value is -0.0400. The van der Waals surface area contributed by atoms with Crippen LogP contribution in [-0.2, 0) is 10.0 Å². The van der Waals surface area contributed by atoms with Crippen molar-refractivity contribution < 1.29 is 8.42 Å². The summed E-state index contributed by atoms with van der Waals surface area (Å²) in [5, 5.41) is 0.345. The Bertz CT molecular complexity index is 569. The van der Waals surface area contributed by atoms with Gasteiger partial charge in [0.2, 0.25) is 10.0 Å². The van der Waals surface area contributed by atoms with Crippen molar-refractivity contribution in [1.82, 2.24) is 4.31 Å². The Labute approximate surface area is 127 Å². The second-order valence-corrected chi connectivity index (χ2v) is 7.59. The van der Waals surface area contributed by atoms with Crippen molar-refractivity contribution >= 4 is 44.8 Å². The Kier molecular flexibility index (Phi) is 4.65. The van der Waals surface area contributed by atoms with Gasteiger partial charge in [-0.3, -0.25) is 0 Å². The van der Waals surface area contributed by atoms with E-state index in [1.165, 1.54) is 16.4 Å². The summed E-state index contributed by atoms with van der Waals surface area (Å²) < 4.78 is 26.4. The minimum atomic E-state index is -3.74. The van der Waals surface area contributed by atoms with Crippen LogP contribution < -0.4 is 5.73 Å². The van der Waals surface area contributed by atoms with E-state index >= 15 is 0 Å². The van der Waals surface area contributed by atoms with Gasteiger partial charge in [-0.2, -0.15) is 4.31 Å². The highest BCUT2D eigenvalue weighted by Gasteiger charge is 2.32. The van der Waals surface area contributed by atoms with Crippen LogP contribution >= 0.6 is 34.8 Å². The van der Waals surface area contributed by atoms with Crippen molar-refractivity contribution in [1.29, 1.82) is 0 Å². The molecular formula is C11H13Cl3N2O2S. The lowest BCUT2D eigenvalue weighted by atomic mass is 10.1. The van der Waals surface area contributed by atoms with Crippen molar-refractivity contribution in [2.45, 2.75) is 23.8 Å². The largest absolute Gasteiger partial charge is 0.327 e. The molecule has 1 aromatic carbocycles. The molecule has 1 saturated heterocycles. The third-order valence-corrected chi connectivity index (χ3v) is 5.99. The van der Waals surface area contributed by atoms with E-state index in [2.05, 4.69) is 0 Å². The molecule has 0 bridgehead atoms. The zero-order valence-corrected chi connectivity index (χ0v) is 13.0. The number of nitrogens with zero attached hydrogens (tertiary/aromatic N) is 1. The quantitative estimate of drug-likeness (QED) is 0.898. The first-order chi connectivity index (χ1) is 8.82. The maximum Gasteiger partial charge on any atom is 0.246 e. The molecule has 0 spiro atoms. The average molecular weight is 344 g/mol. The minimum absolute atomic E-state index is 0.0247. The summed E-state index contributed by atoms with van der Waals surface area (Å²) in [5.41, 5.74) is 5.81. The summed E-state index contributed by atoms with van der Waals surface area (Å²) in [5.74, 6) is 0. The molecule has 0 radical (unpaired) electrons. The molecule has 1 fully saturated rings. The molecule has 1 aliphatic rings. The van der Waals surface area contributed by atoms with Crippen LogP contribution in [0.15, 0.2) is 17.0 Å². The topological polar surface area (TPSA) is 63.4 Å². The maximum atomic E-state index is 12.5. The van der Waals surface area contributed by atoms with Crippen LogP contribution in [0.1, 0.15) is 12.8 Å². The second-order valence-electron chi connectivity index (χ2n) is 4.46. The standard InChI is InChI=1S/C11H13Cl3N2O2S/c12-7-4-9(13)11(10(14)5-7)19(17,18)16-3-1-2-8(15)6-16/h4-5,8H,1-3,6,15H2. The zero-order valence-electron chi connectivity index (χ0n) is 9.94. The highest BCUT2D eigenvalue weighted by Crippen LogP contribution is 2.35. The maximum absolute atomic E-state index is 12.5. The Morgan fingerprint density at radius 1 is 1.21 bits per heavy atom. The van der Waals surface area contributed by atoms with Gasteiger partial charge < -0.3 is 5.73 Å². The molecule has 8 heteroatoms. The monoisotopic (exact) mass is 342 g/mol. The molecule has 0 amide bonds. The number of sulfonamides is 1. The fourth-order valence-corrected chi connectivity index (χ4v) is 5.12. The van der Waals surface area contributed by atoms with E-state index in [9.17, 15) is 8.42 Å². The summed E-state index contributed by atoms with van der Waals surface area (Å²) in [6, 6.07) is 2.57. The lowest BCUT2D eigenvalue weighted by Crippen LogP contribution is -2.45. The van der Waals surface area contributed by atoms with Gasteiger partial charge in [0, 0.05) is 24.2 Å². The summed E-state index contributed by atoms with van der Waals surface area (Å²) in [4.78, 5) is -0.102. The van der Waals surface area contributed by atoms with Crippen LogP contribution in [0.25, 0.3) is 0 Å². The van der Waals surface area contributed by atoms with Gasteiger partial charge in [0.05, 0.1) is 10.0 Å². The molecule has 0 aromatic heterocycles. The van der Waals surface area contributed by atoms with Crippen LogP contribution in [0.3, 0.4) is 0 Å². The number of nitrogens with two attached hydrogens (primary N) is 1. The van der Waals surface area contributed by atoms with E-state index in [1.54, 1.807) is 0 Å². The van der Waals surface area contributed by atoms with Gasteiger partial charge in [-0.25, -0.2) is 8.42 Å². The van der Waals surface area contributed by atoms with E-state index in [-0.39, 0.29) is 27.5 Å². The van der Waals surface area contributed by atoms with E-state index in [0.717, 1.165) is 12.8 Å². The highest BCUT2D eigenvalue weighted by atomic mass is 35.5. The number of halogens is 3. The molecule has 4 nitrogen and oxygen atoms in total. The molecule has 0 aliphatic carbocycles. The minimum Gasteiger partial charge on any atom is -0.327 e. The van der Waals surface area contributed by atoms with Crippen molar-refractivity contribution in [3.05, 3.63) is 27.2 Å². The third kappa shape index (κ3) is 3.17. The first-order valence-corrected chi connectivity index (χ1v) is 8.30. The van der Waals surface area contributed by atoms with Crippen LogP contribution in [0.4, 0.5) is 0 Å². The predicted octanol–water partition coefficient (Wildman–Crippen LogP) is 2.76. The van der Waals surface area contributed by atoms with E-state index in [0.29, 0.717) is 11.6 Å². The molecule has 2 rings (SSSR count). The molecule has 1 aliphatic heterocycles. The Morgan fingerprint density at radius 3 is 2.32 bits per heavy atom. The fraction of sp³-hybridized carbons (Fsp3) is 0.455. The highest BCUT2D eigenvalue weighted by molar-refractivity contribution is 7.89. The van der Waals surface area contributed by atoms with Crippen LogP contribution in [0, 0.1) is 0 Å². The molecule has 106 valence electrons. The fourth-order valence-electron chi connectivity index (χ4n) is 2.10. The number of hydrogen-bond acceptors (Lipinski definition) is 3. The van der Waals surface area contributed by atoms with Crippen molar-refractivity contribution in [3.63, 3.8) is 0 Å². The van der Waals surface area contributed by atoms with Gasteiger partial charge in [-0.15, -0.1) is 0 Å². The summed E-state index contributed by atoms with van der Waals surface area (Å²) in [7, 11) is -3.74. The van der Waals surface area contributed by atoms with E-state index < -0.39 is 10.0 Å². The molecule has 19 heavy (non-hydrogen) atoms. The van der Waals surface area contributed by atoms with Gasteiger partial charge in [0.15, 0.2) is 0 Å². The zero-order chi connectivity index (χ0) is 14.2. The summed E-state index contributed by atoms with van der Waals surface area (Å²) in [6.07, 6.45) is 1.54. The van der Waals surface area contributed by atoms with Gasteiger partial charge in [-0.05, 0) is 25.0 Å². The number of hydrogen-bond donors (Lipinski definition) is 1. The lowest BCUT2D eigenvalue weighted by Gasteiger charge is -2.30. The van der Waals surface area contributed by atoms with Crippen molar-refractivity contribution in [2.24, 2.45) is 5.73 Å². The Morgan fingerprint density at radius 2 is 1.79 bits per heavy atom. The molecule has 1 aromatic rings. The lowest BCUT2D eigenvalue weighted by molar-refractivity contribution is 0.316. The molecule has 2 N–H and O–H groups in total. The van der Waals surface area contributed by atoms with Crippen molar-refractivity contribution in [3.8, 4) is 0 Å². The molecule has 0 saturated carbocycles. The SMILES string of the molecule is NC1CCCN(S(=O)(=O)c2c(Cl)cc(Cl)cc2Cl)C1. The van der Waals surface area contributed by atoms with Gasteiger partial charge >= 0.3 is 0 Å². The van der Waals surface area contributed by atoms with Gasteiger partial charge in [-0.1, -0.05) is 34.8 Å². The third-order valence-electron chi connectivity index (χ3n) is 2.98. The van der Waals surface area contributed by atoms with Crippen molar-refractivity contribution in [2.75, 3.05) is 13.1 Å². The van der Waals surface area contributed by atoms with Crippen LogP contribution in [0.2, 0.25) is 15.1 Å². The Balaban J connectivity index is 2.45. The number of piperidine rings is 1. The van der Waals surface area contributed by atoms with E-state index in [1.807, 2.05) is 0 Å². The summed E-state index contributed by atoms with van der Waals surface area (Å²) >= 11 is 17.7. The number of benzene rings is 1. The average Bonchev–Trinajstić information content (AvgIpc) is 2.26. The van der Waals surface area contributed by atoms with Gasteiger partial charge in [0.25, 0.3) is 0 Å². The second kappa shape index (κ2) is 5.76. The molecular weight excluding hydrogens is 331 g/mol. The number of rotatable bonds is 2. The van der Waals surface area contributed by atoms with Gasteiger partial charge in [0.1, 0.15) is 4.90 Å². The normalized spacial score (nSPS) is 21.6.